The summed E-state index contributed by atoms with van der Waals surface area (Å²) in [5.41, 5.74) is 0. The van der Waals surface area contributed by atoms with E-state index >= 15 is 0 Å². The maximum atomic E-state index is 12.4. The number of carbonyl (C=O) groups is 1. The molecule has 0 atom stereocenters. The molecule has 0 aromatic carbocycles. The van der Waals surface area contributed by atoms with Crippen LogP contribution in [0.5, 0.6) is 0 Å². The summed E-state index contributed by atoms with van der Waals surface area (Å²) in [4.78, 5) is 14.4. The Labute approximate surface area is 154 Å². The molecule has 4 rings (SSSR count). The van der Waals surface area contributed by atoms with Crippen LogP contribution in [0.15, 0.2) is 24.5 Å². The number of rotatable bonds is 4. The lowest BCUT2D eigenvalue weighted by Crippen LogP contribution is -2.45. The summed E-state index contributed by atoms with van der Waals surface area (Å²) in [6.07, 6.45) is 11.7. The minimum atomic E-state index is 0.0477. The minimum absolute atomic E-state index is 0.0477. The maximum absolute atomic E-state index is 12.4. The molecule has 26 heavy (non-hydrogen) atoms. The van der Waals surface area contributed by atoms with Gasteiger partial charge in [-0.3, -0.25) is 0 Å². The number of carbonyl (C=O) groups excluding carboxylic acids is 1. The third kappa shape index (κ3) is 3.76. The lowest BCUT2D eigenvalue weighted by atomic mass is 10.1. The zero-order chi connectivity index (χ0) is 17.8. The second kappa shape index (κ2) is 7.93. The topological polar surface area (TPSA) is 68.0 Å². The molecule has 0 radical (unpaired) electrons. The molecule has 7 heteroatoms. The number of amides is 2. The van der Waals surface area contributed by atoms with Crippen LogP contribution in [-0.4, -0.2) is 49.9 Å². The summed E-state index contributed by atoms with van der Waals surface area (Å²) >= 11 is 0. The molecule has 1 saturated heterocycles. The zero-order valence-corrected chi connectivity index (χ0v) is 15.3. The normalized spacial score (nSPS) is 18.4. The summed E-state index contributed by atoms with van der Waals surface area (Å²) in [5, 5.41) is 11.7. The van der Waals surface area contributed by atoms with E-state index in [9.17, 15) is 4.79 Å². The van der Waals surface area contributed by atoms with E-state index < -0.39 is 0 Å². The monoisotopic (exact) mass is 356 g/mol. The molecule has 7 nitrogen and oxygen atoms in total. The van der Waals surface area contributed by atoms with Crippen molar-refractivity contribution >= 4 is 6.03 Å². The van der Waals surface area contributed by atoms with E-state index in [0.717, 1.165) is 57.0 Å². The molecule has 1 fully saturated rings. The van der Waals surface area contributed by atoms with E-state index in [2.05, 4.69) is 49.2 Å². The van der Waals surface area contributed by atoms with Gasteiger partial charge in [0.25, 0.3) is 0 Å². The van der Waals surface area contributed by atoms with Gasteiger partial charge in [-0.1, -0.05) is 6.42 Å². The average molecular weight is 356 g/mol. The molecular weight excluding hydrogens is 328 g/mol. The van der Waals surface area contributed by atoms with Crippen molar-refractivity contribution in [1.82, 2.24) is 29.5 Å². The molecule has 0 saturated carbocycles. The highest BCUT2D eigenvalue weighted by molar-refractivity contribution is 5.74. The molecule has 4 heterocycles. The van der Waals surface area contributed by atoms with Gasteiger partial charge in [0.15, 0.2) is 0 Å². The van der Waals surface area contributed by atoms with Gasteiger partial charge in [-0.25, -0.2) is 4.79 Å². The molecule has 2 amide bonds. The Morgan fingerprint density at radius 3 is 2.69 bits per heavy atom. The van der Waals surface area contributed by atoms with E-state index in [-0.39, 0.29) is 6.03 Å². The molecule has 0 unspecified atom stereocenters. The number of hydrogen-bond acceptors (Lipinski definition) is 3. The second-order valence-corrected chi connectivity index (χ2v) is 7.33. The fourth-order valence-corrected chi connectivity index (χ4v) is 4.08. The van der Waals surface area contributed by atoms with Crippen LogP contribution in [0.2, 0.25) is 0 Å². The summed E-state index contributed by atoms with van der Waals surface area (Å²) in [6, 6.07) is 4.68. The Balaban J connectivity index is 1.23. The van der Waals surface area contributed by atoms with Gasteiger partial charge in [-0.2, -0.15) is 0 Å². The van der Waals surface area contributed by atoms with Crippen molar-refractivity contribution in [1.29, 1.82) is 0 Å². The van der Waals surface area contributed by atoms with Crippen LogP contribution in [0.3, 0.4) is 0 Å². The Morgan fingerprint density at radius 1 is 1.08 bits per heavy atom. The number of fused-ring (bicyclic) bond motifs is 1. The second-order valence-electron chi connectivity index (χ2n) is 7.33. The van der Waals surface area contributed by atoms with Gasteiger partial charge in [0.2, 0.25) is 0 Å². The van der Waals surface area contributed by atoms with Crippen LogP contribution in [0.25, 0.3) is 0 Å². The highest BCUT2D eigenvalue weighted by Crippen LogP contribution is 2.22. The molecule has 1 N–H and O–H groups in total. The van der Waals surface area contributed by atoms with Crippen LogP contribution in [0.4, 0.5) is 4.79 Å². The molecule has 2 aliphatic heterocycles. The Hall–Kier alpha value is -2.31. The van der Waals surface area contributed by atoms with E-state index in [1.807, 2.05) is 4.90 Å². The number of aromatic nitrogens is 4. The van der Waals surface area contributed by atoms with Crippen LogP contribution >= 0.6 is 0 Å². The molecule has 0 bridgehead atoms. The minimum Gasteiger partial charge on any atom is -0.351 e. The van der Waals surface area contributed by atoms with Crippen molar-refractivity contribution in [2.24, 2.45) is 0 Å². The summed E-state index contributed by atoms with van der Waals surface area (Å²) < 4.78 is 4.51. The van der Waals surface area contributed by atoms with Gasteiger partial charge in [0.05, 0.1) is 0 Å². The van der Waals surface area contributed by atoms with Crippen LogP contribution in [0, 0.1) is 0 Å². The van der Waals surface area contributed by atoms with Gasteiger partial charge >= 0.3 is 6.03 Å². The molecule has 0 spiro atoms. The van der Waals surface area contributed by atoms with Gasteiger partial charge in [0, 0.05) is 57.5 Å². The number of likely N-dealkylation sites (tertiary alicyclic amines) is 1. The molecule has 2 aromatic heterocycles. The summed E-state index contributed by atoms with van der Waals surface area (Å²) in [6.45, 7) is 3.26. The number of aryl methyl sites for hydroxylation is 1. The summed E-state index contributed by atoms with van der Waals surface area (Å²) in [5.74, 6) is 2.12. The van der Waals surface area contributed by atoms with Gasteiger partial charge in [-0.05, 0) is 37.8 Å². The molecule has 140 valence electrons. The average Bonchev–Trinajstić information content (AvgIpc) is 3.27. The third-order valence-corrected chi connectivity index (χ3v) is 5.61. The number of urea groups is 1. The first-order chi connectivity index (χ1) is 12.8. The Bertz CT molecular complexity index is 714. The zero-order valence-electron chi connectivity index (χ0n) is 15.3. The largest absolute Gasteiger partial charge is 0.351 e. The predicted octanol–water partition coefficient (Wildman–Crippen LogP) is 2.40. The SMILES string of the molecule is O=C(NCCc1nnc2n1CCCCC2)N1CCC(n2cccc2)CC1. The lowest BCUT2D eigenvalue weighted by molar-refractivity contribution is 0.172. The van der Waals surface area contributed by atoms with Gasteiger partial charge < -0.3 is 19.4 Å². The fraction of sp³-hybridized carbons (Fsp3) is 0.632. The van der Waals surface area contributed by atoms with Crippen molar-refractivity contribution < 1.29 is 4.79 Å². The number of hydrogen-bond donors (Lipinski definition) is 1. The highest BCUT2D eigenvalue weighted by Gasteiger charge is 2.23. The van der Waals surface area contributed by atoms with Crippen molar-refractivity contribution in [2.75, 3.05) is 19.6 Å². The van der Waals surface area contributed by atoms with Crippen molar-refractivity contribution in [3.05, 3.63) is 36.2 Å². The molecule has 2 aromatic rings. The first-order valence-corrected chi connectivity index (χ1v) is 9.87. The maximum Gasteiger partial charge on any atom is 0.317 e. The Morgan fingerprint density at radius 2 is 1.88 bits per heavy atom. The highest BCUT2D eigenvalue weighted by atomic mass is 16.2. The fourth-order valence-electron chi connectivity index (χ4n) is 4.08. The third-order valence-electron chi connectivity index (χ3n) is 5.61. The smallest absolute Gasteiger partial charge is 0.317 e. The van der Waals surface area contributed by atoms with E-state index in [0.29, 0.717) is 12.6 Å². The van der Waals surface area contributed by atoms with Crippen LogP contribution in [0.1, 0.15) is 49.8 Å². The number of nitrogens with one attached hydrogen (secondary N) is 1. The predicted molar refractivity (Wildman–Crippen MR) is 99.0 cm³/mol. The number of piperidine rings is 1. The van der Waals surface area contributed by atoms with Crippen molar-refractivity contribution in [2.45, 2.75) is 57.5 Å². The molecule has 2 aliphatic rings. The lowest BCUT2D eigenvalue weighted by Gasteiger charge is -2.32. The molecular formula is C19H28N6O. The van der Waals surface area contributed by atoms with Crippen LogP contribution < -0.4 is 5.32 Å². The standard InChI is InChI=1S/C19H28N6O/c26-19(24-14-8-16(9-15-24)23-11-4-5-12-23)20-10-7-18-22-21-17-6-2-1-3-13-25(17)18/h4-5,11-12,16H,1-3,6-10,13-15H2,(H,20,26). The van der Waals surface area contributed by atoms with Crippen molar-refractivity contribution in [3.8, 4) is 0 Å². The molecule has 0 aliphatic carbocycles. The first-order valence-electron chi connectivity index (χ1n) is 9.87. The first kappa shape index (κ1) is 17.1. The van der Waals surface area contributed by atoms with E-state index in [4.69, 9.17) is 0 Å². The van der Waals surface area contributed by atoms with Gasteiger partial charge in [0.1, 0.15) is 11.6 Å². The van der Waals surface area contributed by atoms with Crippen molar-refractivity contribution in [3.63, 3.8) is 0 Å². The van der Waals surface area contributed by atoms with Crippen LogP contribution in [-0.2, 0) is 19.4 Å². The van der Waals surface area contributed by atoms with Gasteiger partial charge in [-0.15, -0.1) is 10.2 Å². The Kier molecular flexibility index (Phi) is 5.22. The van der Waals surface area contributed by atoms with E-state index in [1.54, 1.807) is 0 Å². The van der Waals surface area contributed by atoms with E-state index in [1.165, 1.54) is 19.3 Å². The summed E-state index contributed by atoms with van der Waals surface area (Å²) in [7, 11) is 0. The number of nitrogens with zero attached hydrogens (tertiary/aromatic N) is 5. The quantitative estimate of drug-likeness (QED) is 0.915.